The Labute approximate surface area is 144 Å². The summed E-state index contributed by atoms with van der Waals surface area (Å²) in [5.41, 5.74) is 3.95. The van der Waals surface area contributed by atoms with Gasteiger partial charge in [-0.1, -0.05) is 12.1 Å². The lowest BCUT2D eigenvalue weighted by Crippen LogP contribution is -2.50. The van der Waals surface area contributed by atoms with E-state index in [1.165, 1.54) is 23.7 Å². The summed E-state index contributed by atoms with van der Waals surface area (Å²) in [5.74, 6) is -0.0626. The molecule has 1 heterocycles. The molecule has 2 N–H and O–H groups in total. The van der Waals surface area contributed by atoms with Gasteiger partial charge in [0.05, 0.1) is 6.54 Å². The van der Waals surface area contributed by atoms with Crippen molar-refractivity contribution in [2.75, 3.05) is 50.7 Å². The average Bonchev–Trinajstić information content (AvgIpc) is 2.55. The average molecular weight is 332 g/mol. The predicted octanol–water partition coefficient (Wildman–Crippen LogP) is 0.678. The van der Waals surface area contributed by atoms with Gasteiger partial charge in [-0.15, -0.1) is 0 Å². The summed E-state index contributed by atoms with van der Waals surface area (Å²) in [7, 11) is 0. The summed E-state index contributed by atoms with van der Waals surface area (Å²) >= 11 is 0. The second-order valence-electron chi connectivity index (χ2n) is 6.32. The van der Waals surface area contributed by atoms with Gasteiger partial charge >= 0.3 is 0 Å². The number of carbonyl (C=O) groups excluding carboxylic acids is 2. The molecule has 2 rings (SSSR count). The number of rotatable bonds is 6. The molecule has 0 radical (unpaired) electrons. The van der Waals surface area contributed by atoms with Crippen molar-refractivity contribution in [3.05, 3.63) is 29.3 Å². The SMILES string of the molecule is CC(=O)NCCNC(=O)CN1CCN(c2cccc(C)c2C)CC1. The molecule has 0 aromatic heterocycles. The van der Waals surface area contributed by atoms with Crippen LogP contribution in [-0.2, 0) is 9.59 Å². The number of nitrogens with one attached hydrogen (secondary N) is 2. The Bertz CT molecular complexity index is 580. The Morgan fingerprint density at radius 3 is 2.38 bits per heavy atom. The van der Waals surface area contributed by atoms with E-state index >= 15 is 0 Å². The number of anilines is 1. The van der Waals surface area contributed by atoms with Crippen LogP contribution in [0.15, 0.2) is 18.2 Å². The van der Waals surface area contributed by atoms with E-state index < -0.39 is 0 Å². The van der Waals surface area contributed by atoms with Crippen LogP contribution < -0.4 is 15.5 Å². The predicted molar refractivity (Wildman–Crippen MR) is 96.3 cm³/mol. The standard InChI is InChI=1S/C18H28N4O2/c1-14-5-4-6-17(15(14)2)22-11-9-21(10-12-22)13-18(24)20-8-7-19-16(3)23/h4-6H,7-13H2,1-3H3,(H,19,23)(H,20,24). The van der Waals surface area contributed by atoms with E-state index in [0.29, 0.717) is 19.6 Å². The van der Waals surface area contributed by atoms with Crippen LogP contribution >= 0.6 is 0 Å². The second-order valence-corrected chi connectivity index (χ2v) is 6.32. The van der Waals surface area contributed by atoms with Crippen LogP contribution in [0.1, 0.15) is 18.1 Å². The maximum Gasteiger partial charge on any atom is 0.234 e. The topological polar surface area (TPSA) is 64.7 Å². The fourth-order valence-electron chi connectivity index (χ4n) is 2.92. The first-order chi connectivity index (χ1) is 11.5. The van der Waals surface area contributed by atoms with Crippen molar-refractivity contribution in [1.82, 2.24) is 15.5 Å². The highest BCUT2D eigenvalue weighted by Crippen LogP contribution is 2.23. The maximum atomic E-state index is 11.9. The minimum Gasteiger partial charge on any atom is -0.369 e. The molecular formula is C18H28N4O2. The van der Waals surface area contributed by atoms with Crippen molar-refractivity contribution < 1.29 is 9.59 Å². The third-order valence-electron chi connectivity index (χ3n) is 4.48. The first-order valence-corrected chi connectivity index (χ1v) is 8.52. The molecule has 0 unspecified atom stereocenters. The number of piperazine rings is 1. The molecule has 0 saturated carbocycles. The van der Waals surface area contributed by atoms with Gasteiger partial charge in [0.15, 0.2) is 0 Å². The van der Waals surface area contributed by atoms with Crippen molar-refractivity contribution >= 4 is 17.5 Å². The molecule has 1 aliphatic heterocycles. The van der Waals surface area contributed by atoms with Crippen LogP contribution in [0.4, 0.5) is 5.69 Å². The van der Waals surface area contributed by atoms with Gasteiger partial charge in [0.2, 0.25) is 11.8 Å². The number of carbonyl (C=O) groups is 2. The van der Waals surface area contributed by atoms with Gasteiger partial charge in [0.1, 0.15) is 0 Å². The number of benzene rings is 1. The zero-order valence-electron chi connectivity index (χ0n) is 14.9. The Kier molecular flexibility index (Phi) is 6.61. The molecule has 0 spiro atoms. The maximum absolute atomic E-state index is 11.9. The lowest BCUT2D eigenvalue weighted by molar-refractivity contribution is -0.123. The minimum atomic E-state index is -0.0770. The molecule has 1 aromatic rings. The van der Waals surface area contributed by atoms with Gasteiger partial charge in [-0.3, -0.25) is 14.5 Å². The van der Waals surface area contributed by atoms with Crippen LogP contribution in [0.5, 0.6) is 0 Å². The van der Waals surface area contributed by atoms with E-state index in [0.717, 1.165) is 26.2 Å². The summed E-state index contributed by atoms with van der Waals surface area (Å²) < 4.78 is 0. The molecule has 1 fully saturated rings. The van der Waals surface area contributed by atoms with Gasteiger partial charge in [0.25, 0.3) is 0 Å². The fraction of sp³-hybridized carbons (Fsp3) is 0.556. The summed E-state index contributed by atoms with van der Waals surface area (Å²) in [6.45, 7) is 10.8. The van der Waals surface area contributed by atoms with E-state index in [-0.39, 0.29) is 11.8 Å². The summed E-state index contributed by atoms with van der Waals surface area (Å²) in [5, 5.41) is 5.50. The third-order valence-corrected chi connectivity index (χ3v) is 4.48. The number of hydrogen-bond acceptors (Lipinski definition) is 4. The van der Waals surface area contributed by atoms with E-state index in [2.05, 4.69) is 52.5 Å². The number of amides is 2. The van der Waals surface area contributed by atoms with Crippen LogP contribution in [0.2, 0.25) is 0 Å². The fourth-order valence-corrected chi connectivity index (χ4v) is 2.92. The first kappa shape index (κ1) is 18.3. The quantitative estimate of drug-likeness (QED) is 0.752. The van der Waals surface area contributed by atoms with E-state index in [9.17, 15) is 9.59 Å². The lowest BCUT2D eigenvalue weighted by Gasteiger charge is -2.36. The van der Waals surface area contributed by atoms with Crippen LogP contribution in [0.3, 0.4) is 0 Å². The van der Waals surface area contributed by atoms with E-state index in [1.807, 2.05) is 0 Å². The van der Waals surface area contributed by atoms with Crippen LogP contribution in [-0.4, -0.2) is 62.5 Å². The number of aryl methyl sites for hydroxylation is 1. The van der Waals surface area contributed by atoms with Crippen molar-refractivity contribution in [2.45, 2.75) is 20.8 Å². The second kappa shape index (κ2) is 8.68. The summed E-state index contributed by atoms with van der Waals surface area (Å²) in [6.07, 6.45) is 0. The number of nitrogens with zero attached hydrogens (tertiary/aromatic N) is 2. The molecule has 24 heavy (non-hydrogen) atoms. The molecule has 1 saturated heterocycles. The molecule has 1 aliphatic rings. The molecule has 6 heteroatoms. The highest BCUT2D eigenvalue weighted by atomic mass is 16.2. The monoisotopic (exact) mass is 332 g/mol. The van der Waals surface area contributed by atoms with Gasteiger partial charge in [-0.05, 0) is 31.0 Å². The molecule has 0 bridgehead atoms. The molecule has 0 aliphatic carbocycles. The molecule has 1 aromatic carbocycles. The van der Waals surface area contributed by atoms with Crippen molar-refractivity contribution in [1.29, 1.82) is 0 Å². The molecular weight excluding hydrogens is 304 g/mol. The van der Waals surface area contributed by atoms with E-state index in [4.69, 9.17) is 0 Å². The highest BCUT2D eigenvalue weighted by Gasteiger charge is 2.20. The van der Waals surface area contributed by atoms with Gasteiger partial charge < -0.3 is 15.5 Å². The Balaban J connectivity index is 1.73. The first-order valence-electron chi connectivity index (χ1n) is 8.52. The van der Waals surface area contributed by atoms with Gasteiger partial charge in [0, 0.05) is 51.9 Å². The normalized spacial score (nSPS) is 15.2. The summed E-state index contributed by atoms with van der Waals surface area (Å²) in [6, 6.07) is 6.42. The Morgan fingerprint density at radius 2 is 1.71 bits per heavy atom. The largest absolute Gasteiger partial charge is 0.369 e. The molecule has 2 amide bonds. The molecule has 6 nitrogen and oxygen atoms in total. The van der Waals surface area contributed by atoms with Crippen LogP contribution in [0.25, 0.3) is 0 Å². The van der Waals surface area contributed by atoms with E-state index in [1.54, 1.807) is 0 Å². The van der Waals surface area contributed by atoms with Crippen LogP contribution in [0, 0.1) is 13.8 Å². The smallest absolute Gasteiger partial charge is 0.234 e. The zero-order chi connectivity index (χ0) is 17.5. The van der Waals surface area contributed by atoms with Gasteiger partial charge in [-0.25, -0.2) is 0 Å². The van der Waals surface area contributed by atoms with Crippen molar-refractivity contribution in [2.24, 2.45) is 0 Å². The molecule has 0 atom stereocenters. The zero-order valence-corrected chi connectivity index (χ0v) is 14.9. The summed E-state index contributed by atoms with van der Waals surface area (Å²) in [4.78, 5) is 27.3. The third kappa shape index (κ3) is 5.23. The van der Waals surface area contributed by atoms with Crippen molar-refractivity contribution in [3.63, 3.8) is 0 Å². The van der Waals surface area contributed by atoms with Gasteiger partial charge in [-0.2, -0.15) is 0 Å². The molecule has 132 valence electrons. The van der Waals surface area contributed by atoms with Crippen molar-refractivity contribution in [3.8, 4) is 0 Å². The lowest BCUT2D eigenvalue weighted by atomic mass is 10.1. The highest BCUT2D eigenvalue weighted by molar-refractivity contribution is 5.78. The minimum absolute atomic E-state index is 0.0144. The number of hydrogen-bond donors (Lipinski definition) is 2. The Morgan fingerprint density at radius 1 is 1.04 bits per heavy atom. The Hall–Kier alpha value is -2.08.